The Hall–Kier alpha value is -1.79. The van der Waals surface area contributed by atoms with Gasteiger partial charge >= 0.3 is 0 Å². The maximum absolute atomic E-state index is 13.3. The van der Waals surface area contributed by atoms with Gasteiger partial charge in [-0.05, 0) is 48.7 Å². The molecular formula is C20H24BrNO4. The molecule has 26 heavy (non-hydrogen) atoms. The molecule has 1 fully saturated rings. The highest BCUT2D eigenvalue weighted by Crippen LogP contribution is 2.30. The zero-order valence-corrected chi connectivity index (χ0v) is 17.0. The third kappa shape index (κ3) is 3.96. The van der Waals surface area contributed by atoms with Crippen LogP contribution >= 0.6 is 15.9 Å². The van der Waals surface area contributed by atoms with Gasteiger partial charge in [0.25, 0.3) is 5.91 Å². The number of carbonyl (C=O) groups is 1. The number of halogens is 1. The van der Waals surface area contributed by atoms with Crippen molar-refractivity contribution in [2.24, 2.45) is 0 Å². The minimum atomic E-state index is -0.0624. The maximum Gasteiger partial charge on any atom is 0.258 e. The summed E-state index contributed by atoms with van der Waals surface area (Å²) in [5.41, 5.74) is 1.55. The van der Waals surface area contributed by atoms with Crippen molar-refractivity contribution in [1.82, 2.24) is 4.90 Å². The van der Waals surface area contributed by atoms with Gasteiger partial charge in [-0.15, -0.1) is 0 Å². The molecule has 0 aliphatic carbocycles. The Labute approximate surface area is 162 Å². The van der Waals surface area contributed by atoms with Crippen LogP contribution in [0.25, 0.3) is 0 Å². The quantitative estimate of drug-likeness (QED) is 0.689. The number of ether oxygens (including phenoxy) is 2. The van der Waals surface area contributed by atoms with E-state index >= 15 is 0 Å². The number of furan rings is 1. The first-order valence-electron chi connectivity index (χ1n) is 8.79. The molecule has 0 spiro atoms. The van der Waals surface area contributed by atoms with Crippen LogP contribution < -0.4 is 4.74 Å². The van der Waals surface area contributed by atoms with E-state index in [9.17, 15) is 4.79 Å². The number of hydrogen-bond acceptors (Lipinski definition) is 4. The summed E-state index contributed by atoms with van der Waals surface area (Å²) in [5.74, 6) is 2.04. The zero-order chi connectivity index (χ0) is 18.7. The third-order valence-electron chi connectivity index (χ3n) is 4.69. The Kier molecular flexibility index (Phi) is 6.04. The van der Waals surface area contributed by atoms with Gasteiger partial charge in [-0.25, -0.2) is 0 Å². The highest BCUT2D eigenvalue weighted by molar-refractivity contribution is 9.10. The van der Waals surface area contributed by atoms with Gasteiger partial charge in [0.15, 0.2) is 0 Å². The van der Waals surface area contributed by atoms with Crippen LogP contribution in [0.2, 0.25) is 0 Å². The number of amides is 1. The van der Waals surface area contributed by atoms with Crippen molar-refractivity contribution in [3.8, 4) is 5.75 Å². The smallest absolute Gasteiger partial charge is 0.258 e. The second-order valence-corrected chi connectivity index (χ2v) is 7.33. The molecule has 2 heterocycles. The summed E-state index contributed by atoms with van der Waals surface area (Å²) in [5, 5.41) is 0. The Balaban J connectivity index is 1.90. The van der Waals surface area contributed by atoms with E-state index in [2.05, 4.69) is 15.9 Å². The molecule has 6 heteroatoms. The molecule has 0 radical (unpaired) electrons. The Morgan fingerprint density at radius 3 is 2.69 bits per heavy atom. The number of nitrogens with zero attached hydrogens (tertiary/aromatic N) is 1. The summed E-state index contributed by atoms with van der Waals surface area (Å²) in [6.45, 7) is 5.43. The normalized spacial score (nSPS) is 16.7. The van der Waals surface area contributed by atoms with E-state index in [1.54, 1.807) is 7.11 Å². The van der Waals surface area contributed by atoms with E-state index in [4.69, 9.17) is 13.9 Å². The summed E-state index contributed by atoms with van der Waals surface area (Å²) in [7, 11) is 1.64. The van der Waals surface area contributed by atoms with E-state index in [1.165, 1.54) is 0 Å². The molecule has 1 aliphatic heterocycles. The second-order valence-electron chi connectivity index (χ2n) is 6.54. The fourth-order valence-electron chi connectivity index (χ4n) is 3.35. The lowest BCUT2D eigenvalue weighted by molar-refractivity contribution is 0.0503. The summed E-state index contributed by atoms with van der Waals surface area (Å²) in [6, 6.07) is 7.77. The number of aryl methyl sites for hydroxylation is 2. The Bertz CT molecular complexity index is 780. The van der Waals surface area contributed by atoms with Gasteiger partial charge in [-0.3, -0.25) is 4.79 Å². The van der Waals surface area contributed by atoms with Crippen LogP contribution in [0.4, 0.5) is 0 Å². The highest BCUT2D eigenvalue weighted by atomic mass is 79.9. The topological polar surface area (TPSA) is 51.9 Å². The number of methoxy groups -OCH3 is 1. The minimum Gasteiger partial charge on any atom is -0.496 e. The highest BCUT2D eigenvalue weighted by Gasteiger charge is 2.28. The number of carbonyl (C=O) groups excluding carboxylic acids is 1. The van der Waals surface area contributed by atoms with Crippen molar-refractivity contribution in [3.63, 3.8) is 0 Å². The molecule has 1 amide bonds. The van der Waals surface area contributed by atoms with Crippen molar-refractivity contribution in [2.45, 2.75) is 39.3 Å². The lowest BCUT2D eigenvalue weighted by Crippen LogP contribution is -2.37. The molecule has 140 valence electrons. The molecule has 1 aromatic heterocycles. The third-order valence-corrected chi connectivity index (χ3v) is 5.64. The van der Waals surface area contributed by atoms with Crippen LogP contribution in [0.5, 0.6) is 5.75 Å². The van der Waals surface area contributed by atoms with Gasteiger partial charge in [0.05, 0.1) is 23.2 Å². The van der Waals surface area contributed by atoms with Gasteiger partial charge in [0.1, 0.15) is 17.3 Å². The molecule has 0 N–H and O–H groups in total. The van der Waals surface area contributed by atoms with Crippen LogP contribution in [-0.4, -0.2) is 37.2 Å². The Morgan fingerprint density at radius 1 is 1.31 bits per heavy atom. The van der Waals surface area contributed by atoms with Crippen LogP contribution in [0.15, 0.2) is 33.2 Å². The fraction of sp³-hybridized carbons (Fsp3) is 0.450. The van der Waals surface area contributed by atoms with E-state index in [-0.39, 0.29) is 12.0 Å². The molecule has 1 aromatic carbocycles. The molecule has 1 atom stereocenters. The number of para-hydroxylation sites is 1. The zero-order valence-electron chi connectivity index (χ0n) is 15.4. The van der Waals surface area contributed by atoms with Gasteiger partial charge in [0.2, 0.25) is 0 Å². The molecule has 1 aliphatic rings. The summed E-state index contributed by atoms with van der Waals surface area (Å²) in [4.78, 5) is 15.2. The van der Waals surface area contributed by atoms with Crippen LogP contribution in [0.3, 0.4) is 0 Å². The Morgan fingerprint density at radius 2 is 2.08 bits per heavy atom. The average molecular weight is 422 g/mol. The summed E-state index contributed by atoms with van der Waals surface area (Å²) < 4.78 is 17.6. The fourth-order valence-corrected chi connectivity index (χ4v) is 3.88. The van der Waals surface area contributed by atoms with Crippen molar-refractivity contribution in [1.29, 1.82) is 0 Å². The maximum atomic E-state index is 13.3. The van der Waals surface area contributed by atoms with E-state index < -0.39 is 0 Å². The van der Waals surface area contributed by atoms with Crippen LogP contribution in [-0.2, 0) is 11.3 Å². The SMILES string of the molecule is COc1ccccc1CN(CC1CCCO1)C(=O)c1c(C)oc(C)c1Br. The van der Waals surface area contributed by atoms with Crippen molar-refractivity contribution < 1.29 is 18.7 Å². The number of benzene rings is 1. The summed E-state index contributed by atoms with van der Waals surface area (Å²) in [6.07, 6.45) is 2.08. The predicted molar refractivity (Wildman–Crippen MR) is 103 cm³/mol. The monoisotopic (exact) mass is 421 g/mol. The second kappa shape index (κ2) is 8.27. The van der Waals surface area contributed by atoms with E-state index in [0.717, 1.165) is 35.2 Å². The lowest BCUT2D eigenvalue weighted by Gasteiger charge is -2.26. The number of hydrogen-bond donors (Lipinski definition) is 0. The molecule has 0 saturated carbocycles. The molecule has 1 unspecified atom stereocenters. The molecule has 3 rings (SSSR count). The first-order chi connectivity index (χ1) is 12.5. The first kappa shape index (κ1) is 19.0. The number of rotatable bonds is 6. The molecule has 0 bridgehead atoms. The largest absolute Gasteiger partial charge is 0.496 e. The summed E-state index contributed by atoms with van der Waals surface area (Å²) >= 11 is 3.50. The molecule has 2 aromatic rings. The van der Waals surface area contributed by atoms with Crippen LogP contribution in [0, 0.1) is 13.8 Å². The van der Waals surface area contributed by atoms with Crippen molar-refractivity contribution in [2.75, 3.05) is 20.3 Å². The predicted octanol–water partition coefficient (Wildman–Crippen LogP) is 4.49. The first-order valence-corrected chi connectivity index (χ1v) is 9.58. The van der Waals surface area contributed by atoms with Crippen molar-refractivity contribution >= 4 is 21.8 Å². The molecule has 5 nitrogen and oxygen atoms in total. The standard InChI is InChI=1S/C20H24BrNO4/c1-13-18(19(21)14(2)26-13)20(23)22(12-16-8-6-10-25-16)11-15-7-4-5-9-17(15)24-3/h4-5,7,9,16H,6,8,10-12H2,1-3H3. The minimum absolute atomic E-state index is 0.0624. The molecule has 1 saturated heterocycles. The van der Waals surface area contributed by atoms with E-state index in [1.807, 2.05) is 43.0 Å². The van der Waals surface area contributed by atoms with Gasteiger partial charge in [-0.2, -0.15) is 0 Å². The lowest BCUT2D eigenvalue weighted by atomic mass is 10.1. The molecular weight excluding hydrogens is 398 g/mol. The van der Waals surface area contributed by atoms with Gasteiger partial charge < -0.3 is 18.8 Å². The van der Waals surface area contributed by atoms with Crippen LogP contribution in [0.1, 0.15) is 40.3 Å². The van der Waals surface area contributed by atoms with E-state index in [0.29, 0.717) is 30.2 Å². The van der Waals surface area contributed by atoms with Crippen molar-refractivity contribution in [3.05, 3.63) is 51.4 Å². The average Bonchev–Trinajstić information content (AvgIpc) is 3.22. The van der Waals surface area contributed by atoms with Gasteiger partial charge in [0, 0.05) is 25.3 Å². The van der Waals surface area contributed by atoms with Gasteiger partial charge in [-0.1, -0.05) is 18.2 Å².